The molecule has 0 unspecified atom stereocenters. The first-order valence-corrected chi connectivity index (χ1v) is 6.76. The van der Waals surface area contributed by atoms with Crippen LogP contribution in [-0.4, -0.2) is 17.0 Å². The molecular weight excluding hydrogens is 212 g/mol. The largest absolute Gasteiger partial charge is 0.393 e. The van der Waals surface area contributed by atoms with E-state index < -0.39 is 0 Å². The molecule has 0 aromatic rings. The number of ketones is 1. The van der Waals surface area contributed by atoms with Gasteiger partial charge in [-0.3, -0.25) is 4.79 Å². The van der Waals surface area contributed by atoms with Crippen molar-refractivity contribution >= 4 is 5.78 Å². The van der Waals surface area contributed by atoms with Gasteiger partial charge < -0.3 is 5.11 Å². The molecule has 2 heteroatoms. The van der Waals surface area contributed by atoms with E-state index in [0.717, 1.165) is 18.4 Å². The highest BCUT2D eigenvalue weighted by Crippen LogP contribution is 2.57. The lowest BCUT2D eigenvalue weighted by Gasteiger charge is -2.43. The Hall–Kier alpha value is -0.630. The molecule has 2 aliphatic rings. The van der Waals surface area contributed by atoms with Gasteiger partial charge in [-0.05, 0) is 48.5 Å². The van der Waals surface area contributed by atoms with E-state index in [0.29, 0.717) is 18.3 Å². The summed E-state index contributed by atoms with van der Waals surface area (Å²) in [5, 5.41) is 10.3. The Balaban J connectivity index is 2.37. The SMILES string of the molecule is CC1=CC[C@@]2(CC1=O)[C@H](C(C)C)[C@H](O)C[C@@H]2C. The van der Waals surface area contributed by atoms with Crippen LogP contribution in [0.1, 0.15) is 47.0 Å². The third kappa shape index (κ3) is 1.87. The van der Waals surface area contributed by atoms with E-state index in [-0.39, 0.29) is 23.2 Å². The van der Waals surface area contributed by atoms with Gasteiger partial charge in [0.2, 0.25) is 0 Å². The molecule has 1 fully saturated rings. The standard InChI is InChI=1S/C15H24O2/c1-9(2)14-12(16)7-11(4)15(14)6-5-10(3)13(17)8-15/h5,9,11-12,14,16H,6-8H2,1-4H3/t11-,12+,14+,15-/m0/s1. The van der Waals surface area contributed by atoms with Crippen molar-refractivity contribution in [3.8, 4) is 0 Å². The molecule has 0 aromatic heterocycles. The zero-order valence-electron chi connectivity index (χ0n) is 11.4. The predicted molar refractivity (Wildman–Crippen MR) is 68.5 cm³/mol. The van der Waals surface area contributed by atoms with Gasteiger partial charge >= 0.3 is 0 Å². The first kappa shape index (κ1) is 12.8. The molecule has 0 radical (unpaired) electrons. The fraction of sp³-hybridized carbons (Fsp3) is 0.800. The molecule has 2 aliphatic carbocycles. The van der Waals surface area contributed by atoms with Gasteiger partial charge in [0.05, 0.1) is 6.10 Å². The summed E-state index contributed by atoms with van der Waals surface area (Å²) >= 11 is 0. The van der Waals surface area contributed by atoms with Crippen LogP contribution in [0.15, 0.2) is 11.6 Å². The van der Waals surface area contributed by atoms with E-state index in [4.69, 9.17) is 0 Å². The predicted octanol–water partition coefficient (Wildman–Crippen LogP) is 2.95. The molecule has 0 aromatic carbocycles. The Morgan fingerprint density at radius 3 is 2.65 bits per heavy atom. The van der Waals surface area contributed by atoms with Crippen LogP contribution < -0.4 is 0 Å². The molecule has 0 saturated heterocycles. The van der Waals surface area contributed by atoms with Crippen LogP contribution in [0.25, 0.3) is 0 Å². The maximum absolute atomic E-state index is 12.0. The summed E-state index contributed by atoms with van der Waals surface area (Å²) in [7, 11) is 0. The zero-order chi connectivity index (χ0) is 12.8. The van der Waals surface area contributed by atoms with E-state index in [1.165, 1.54) is 0 Å². The van der Waals surface area contributed by atoms with Gasteiger partial charge in [-0.25, -0.2) is 0 Å². The Labute approximate surface area is 104 Å². The van der Waals surface area contributed by atoms with Crippen LogP contribution in [0, 0.1) is 23.2 Å². The molecule has 0 amide bonds. The Morgan fingerprint density at radius 1 is 1.47 bits per heavy atom. The maximum Gasteiger partial charge on any atom is 0.158 e. The lowest BCUT2D eigenvalue weighted by molar-refractivity contribution is -0.120. The highest BCUT2D eigenvalue weighted by Gasteiger charge is 2.54. The summed E-state index contributed by atoms with van der Waals surface area (Å²) < 4.78 is 0. The monoisotopic (exact) mass is 236 g/mol. The minimum Gasteiger partial charge on any atom is -0.393 e. The fourth-order valence-corrected chi connectivity index (χ4v) is 4.16. The van der Waals surface area contributed by atoms with Gasteiger partial charge in [0, 0.05) is 6.42 Å². The van der Waals surface area contributed by atoms with E-state index in [9.17, 15) is 9.90 Å². The van der Waals surface area contributed by atoms with Crippen LogP contribution in [0.5, 0.6) is 0 Å². The second-order valence-corrected chi connectivity index (χ2v) is 6.40. The lowest BCUT2D eigenvalue weighted by Crippen LogP contribution is -2.40. The van der Waals surface area contributed by atoms with Crippen LogP contribution in [0.3, 0.4) is 0 Å². The average molecular weight is 236 g/mol. The highest BCUT2D eigenvalue weighted by atomic mass is 16.3. The van der Waals surface area contributed by atoms with Gasteiger partial charge in [0.25, 0.3) is 0 Å². The van der Waals surface area contributed by atoms with Crippen molar-refractivity contribution in [2.45, 2.75) is 53.1 Å². The van der Waals surface area contributed by atoms with Crippen molar-refractivity contribution in [2.24, 2.45) is 23.2 Å². The minimum absolute atomic E-state index is 0.0180. The van der Waals surface area contributed by atoms with Crippen molar-refractivity contribution < 1.29 is 9.90 Å². The Bertz CT molecular complexity index is 356. The third-order valence-corrected chi connectivity index (χ3v) is 5.09. The average Bonchev–Trinajstić information content (AvgIpc) is 2.45. The topological polar surface area (TPSA) is 37.3 Å². The van der Waals surface area contributed by atoms with Crippen LogP contribution in [-0.2, 0) is 4.79 Å². The Morgan fingerprint density at radius 2 is 2.12 bits per heavy atom. The molecular formula is C15H24O2. The molecule has 4 atom stereocenters. The summed E-state index contributed by atoms with van der Waals surface area (Å²) in [5.74, 6) is 1.43. The summed E-state index contributed by atoms with van der Waals surface area (Å²) in [6.07, 6.45) is 4.31. The second kappa shape index (κ2) is 4.24. The smallest absolute Gasteiger partial charge is 0.158 e. The molecule has 0 bridgehead atoms. The van der Waals surface area contributed by atoms with Crippen LogP contribution in [0.2, 0.25) is 0 Å². The molecule has 1 spiro atoms. The van der Waals surface area contributed by atoms with E-state index in [2.05, 4.69) is 26.8 Å². The Kier molecular flexibility index (Phi) is 3.19. The van der Waals surface area contributed by atoms with Gasteiger partial charge in [-0.15, -0.1) is 0 Å². The molecule has 1 saturated carbocycles. The number of carbonyl (C=O) groups excluding carboxylic acids is 1. The quantitative estimate of drug-likeness (QED) is 0.760. The molecule has 17 heavy (non-hydrogen) atoms. The molecule has 2 rings (SSSR count). The summed E-state index contributed by atoms with van der Waals surface area (Å²) in [4.78, 5) is 12.0. The van der Waals surface area contributed by atoms with Crippen molar-refractivity contribution in [2.75, 3.05) is 0 Å². The normalized spacial score (nSPS) is 42.4. The van der Waals surface area contributed by atoms with Crippen LogP contribution >= 0.6 is 0 Å². The number of aliphatic hydroxyl groups excluding tert-OH is 1. The summed E-state index contributed by atoms with van der Waals surface area (Å²) in [6.45, 7) is 8.45. The minimum atomic E-state index is -0.232. The summed E-state index contributed by atoms with van der Waals surface area (Å²) in [6, 6.07) is 0. The van der Waals surface area contributed by atoms with Gasteiger partial charge in [-0.1, -0.05) is 26.8 Å². The fourth-order valence-electron chi connectivity index (χ4n) is 4.16. The van der Waals surface area contributed by atoms with Crippen molar-refractivity contribution in [3.63, 3.8) is 0 Å². The highest BCUT2D eigenvalue weighted by molar-refractivity contribution is 5.96. The van der Waals surface area contributed by atoms with E-state index >= 15 is 0 Å². The third-order valence-electron chi connectivity index (χ3n) is 5.09. The summed E-state index contributed by atoms with van der Waals surface area (Å²) in [5.41, 5.74) is 0.927. The first-order chi connectivity index (χ1) is 7.88. The van der Waals surface area contributed by atoms with Gasteiger partial charge in [0.15, 0.2) is 5.78 Å². The second-order valence-electron chi connectivity index (χ2n) is 6.40. The van der Waals surface area contributed by atoms with Crippen molar-refractivity contribution in [1.82, 2.24) is 0 Å². The van der Waals surface area contributed by atoms with Crippen molar-refractivity contribution in [1.29, 1.82) is 0 Å². The molecule has 0 heterocycles. The molecule has 2 nitrogen and oxygen atoms in total. The zero-order valence-corrected chi connectivity index (χ0v) is 11.4. The number of allylic oxidation sites excluding steroid dienone is 2. The number of rotatable bonds is 1. The molecule has 1 N–H and O–H groups in total. The van der Waals surface area contributed by atoms with Crippen molar-refractivity contribution in [3.05, 3.63) is 11.6 Å². The number of hydrogen-bond acceptors (Lipinski definition) is 2. The number of hydrogen-bond donors (Lipinski definition) is 1. The lowest BCUT2D eigenvalue weighted by atomic mass is 9.61. The number of aliphatic hydroxyl groups is 1. The van der Waals surface area contributed by atoms with Crippen LogP contribution in [0.4, 0.5) is 0 Å². The van der Waals surface area contributed by atoms with E-state index in [1.54, 1.807) is 0 Å². The van der Waals surface area contributed by atoms with Gasteiger partial charge in [-0.2, -0.15) is 0 Å². The number of Topliss-reactive ketones (excluding diaryl/α,β-unsaturated/α-hetero) is 1. The first-order valence-electron chi connectivity index (χ1n) is 6.76. The number of carbonyl (C=O) groups is 1. The molecule has 0 aliphatic heterocycles. The maximum atomic E-state index is 12.0. The van der Waals surface area contributed by atoms with Gasteiger partial charge in [0.1, 0.15) is 0 Å². The molecule has 96 valence electrons. The van der Waals surface area contributed by atoms with E-state index in [1.807, 2.05) is 6.92 Å².